The van der Waals surface area contributed by atoms with Gasteiger partial charge in [0.25, 0.3) is 0 Å². The van der Waals surface area contributed by atoms with E-state index < -0.39 is 24.0 Å². The summed E-state index contributed by atoms with van der Waals surface area (Å²) in [6.45, 7) is 9.64. The number of rotatable bonds is 9. The van der Waals surface area contributed by atoms with Crippen LogP contribution < -0.4 is 0 Å². The molecule has 1 aromatic heterocycles. The monoisotopic (exact) mass is 555 g/mol. The summed E-state index contributed by atoms with van der Waals surface area (Å²) in [6, 6.07) is 12.7. The zero-order chi connectivity index (χ0) is 27.5. The van der Waals surface area contributed by atoms with Crippen molar-refractivity contribution in [3.05, 3.63) is 47.5 Å². The third-order valence-electron chi connectivity index (χ3n) is 7.22. The summed E-state index contributed by atoms with van der Waals surface area (Å²) in [5.74, 6) is 0.664. The van der Waals surface area contributed by atoms with Crippen LogP contribution in [0.3, 0.4) is 0 Å². The second-order valence-corrected chi connectivity index (χ2v) is 18.9. The zero-order valence-electron chi connectivity index (χ0n) is 22.6. The standard InChI is InChI=1S/C27H37N5O4SSi/c1-5-6-22-11-12-23(21-9-7-19(8-10-21)20-13-15-32(16-14-20)27(33)34)24(26-28-30-31-29-26)25(22)37(35,36)17-18-38(2,3)4/h7-12,20H,5-6,13-18H2,1-4H3,(H,33,34)(H,28,29,30,31). The molecule has 9 nitrogen and oxygen atoms in total. The van der Waals surface area contributed by atoms with Crippen LogP contribution in [0.5, 0.6) is 0 Å². The topological polar surface area (TPSA) is 129 Å². The highest BCUT2D eigenvalue weighted by atomic mass is 32.2. The smallest absolute Gasteiger partial charge is 0.407 e. The molecular weight excluding hydrogens is 518 g/mol. The Morgan fingerprint density at radius 2 is 1.79 bits per heavy atom. The second kappa shape index (κ2) is 11.4. The number of carbonyl (C=O) groups is 1. The first-order valence-electron chi connectivity index (χ1n) is 13.2. The Morgan fingerprint density at radius 1 is 1.11 bits per heavy atom. The Bertz CT molecular complexity index is 1360. The number of aromatic nitrogens is 4. The zero-order valence-corrected chi connectivity index (χ0v) is 24.4. The van der Waals surface area contributed by atoms with Gasteiger partial charge in [-0.3, -0.25) is 0 Å². The van der Waals surface area contributed by atoms with Crippen molar-refractivity contribution in [2.75, 3.05) is 18.8 Å². The average molecular weight is 556 g/mol. The van der Waals surface area contributed by atoms with Crippen molar-refractivity contribution >= 4 is 24.0 Å². The Hall–Kier alpha value is -3.05. The fourth-order valence-electron chi connectivity index (χ4n) is 5.06. The molecule has 0 saturated carbocycles. The summed E-state index contributed by atoms with van der Waals surface area (Å²) < 4.78 is 27.8. The van der Waals surface area contributed by atoms with Gasteiger partial charge >= 0.3 is 6.09 Å². The van der Waals surface area contributed by atoms with Gasteiger partial charge in [-0.05, 0) is 58.7 Å². The maximum absolute atomic E-state index is 13.9. The SMILES string of the molecule is CCCc1ccc(-c2ccc(C3CCN(C(=O)O)CC3)cc2)c(-c2nn[nH]n2)c1S(=O)(=O)CC[Si](C)(C)C. The lowest BCUT2D eigenvalue weighted by Crippen LogP contribution is -2.36. The van der Waals surface area contributed by atoms with Crippen LogP contribution in [-0.2, 0) is 16.3 Å². The minimum Gasteiger partial charge on any atom is -0.465 e. The third-order valence-corrected chi connectivity index (χ3v) is 11.2. The molecule has 38 heavy (non-hydrogen) atoms. The molecule has 2 heterocycles. The largest absolute Gasteiger partial charge is 0.465 e. The van der Waals surface area contributed by atoms with Gasteiger partial charge < -0.3 is 10.0 Å². The number of nitrogens with zero attached hydrogens (tertiary/aromatic N) is 4. The first-order chi connectivity index (χ1) is 18.0. The molecule has 1 aliphatic heterocycles. The van der Waals surface area contributed by atoms with Crippen LogP contribution in [0.25, 0.3) is 22.5 Å². The van der Waals surface area contributed by atoms with Gasteiger partial charge in [-0.1, -0.05) is 69.4 Å². The Balaban J connectivity index is 1.77. The van der Waals surface area contributed by atoms with E-state index in [1.54, 1.807) is 0 Å². The lowest BCUT2D eigenvalue weighted by Gasteiger charge is -2.30. The van der Waals surface area contributed by atoms with Crippen LogP contribution in [0, 0.1) is 0 Å². The molecule has 204 valence electrons. The van der Waals surface area contributed by atoms with E-state index in [1.807, 2.05) is 31.2 Å². The molecule has 1 fully saturated rings. The summed E-state index contributed by atoms with van der Waals surface area (Å²) in [4.78, 5) is 13.0. The Labute approximate surface area is 225 Å². The van der Waals surface area contributed by atoms with Gasteiger partial charge in [0.2, 0.25) is 5.82 Å². The summed E-state index contributed by atoms with van der Waals surface area (Å²) in [5.41, 5.74) is 4.08. The van der Waals surface area contributed by atoms with Crippen molar-refractivity contribution < 1.29 is 18.3 Å². The summed E-state index contributed by atoms with van der Waals surface area (Å²) in [6.07, 6.45) is 2.16. The predicted molar refractivity (Wildman–Crippen MR) is 151 cm³/mol. The molecule has 0 unspecified atom stereocenters. The lowest BCUT2D eigenvalue weighted by atomic mass is 9.88. The molecule has 1 saturated heterocycles. The number of H-pyrrole nitrogens is 1. The average Bonchev–Trinajstić information content (AvgIpc) is 3.42. The molecule has 0 aliphatic carbocycles. The van der Waals surface area contributed by atoms with E-state index in [0.29, 0.717) is 41.9 Å². The molecule has 11 heteroatoms. The molecule has 1 amide bonds. The summed E-state index contributed by atoms with van der Waals surface area (Å²) >= 11 is 0. The highest BCUT2D eigenvalue weighted by Crippen LogP contribution is 2.40. The molecule has 1 aliphatic rings. The lowest BCUT2D eigenvalue weighted by molar-refractivity contribution is 0.132. The van der Waals surface area contributed by atoms with E-state index in [2.05, 4.69) is 52.4 Å². The van der Waals surface area contributed by atoms with Crippen molar-refractivity contribution in [2.24, 2.45) is 0 Å². The maximum atomic E-state index is 13.9. The van der Waals surface area contributed by atoms with Crippen molar-refractivity contribution in [1.29, 1.82) is 0 Å². The number of nitrogens with one attached hydrogen (secondary N) is 1. The van der Waals surface area contributed by atoms with Crippen LogP contribution in [0.4, 0.5) is 4.79 Å². The normalized spacial score (nSPS) is 15.1. The van der Waals surface area contributed by atoms with E-state index in [0.717, 1.165) is 41.5 Å². The molecule has 2 aromatic carbocycles. The number of amides is 1. The number of benzene rings is 2. The van der Waals surface area contributed by atoms with Crippen LogP contribution in [0.15, 0.2) is 41.3 Å². The number of hydrogen-bond donors (Lipinski definition) is 2. The number of likely N-dealkylation sites (tertiary alicyclic amines) is 1. The minimum atomic E-state index is -3.61. The molecule has 4 rings (SSSR count). The predicted octanol–water partition coefficient (Wildman–Crippen LogP) is 5.46. The fraction of sp³-hybridized carbons (Fsp3) is 0.481. The van der Waals surface area contributed by atoms with Gasteiger partial charge in [-0.25, -0.2) is 13.2 Å². The van der Waals surface area contributed by atoms with E-state index in [4.69, 9.17) is 0 Å². The van der Waals surface area contributed by atoms with E-state index in [-0.39, 0.29) is 11.6 Å². The third kappa shape index (κ3) is 6.32. The van der Waals surface area contributed by atoms with Gasteiger partial charge in [0.15, 0.2) is 9.84 Å². The van der Waals surface area contributed by atoms with Gasteiger partial charge in [0.05, 0.1) is 10.6 Å². The highest BCUT2D eigenvalue weighted by molar-refractivity contribution is 7.91. The van der Waals surface area contributed by atoms with Crippen LogP contribution in [0.1, 0.15) is 43.2 Å². The van der Waals surface area contributed by atoms with Crippen molar-refractivity contribution in [2.45, 2.75) is 69.1 Å². The van der Waals surface area contributed by atoms with Crippen LogP contribution >= 0.6 is 0 Å². The first kappa shape index (κ1) is 28.0. The highest BCUT2D eigenvalue weighted by Gasteiger charge is 2.30. The Kier molecular flexibility index (Phi) is 8.36. The number of carboxylic acid groups (broad SMARTS) is 1. The number of aromatic amines is 1. The molecule has 3 aromatic rings. The molecule has 2 N–H and O–H groups in total. The number of hydrogen-bond acceptors (Lipinski definition) is 6. The van der Waals surface area contributed by atoms with Gasteiger partial charge in [0.1, 0.15) is 0 Å². The Morgan fingerprint density at radius 3 is 2.34 bits per heavy atom. The van der Waals surface area contributed by atoms with Gasteiger partial charge in [0, 0.05) is 26.7 Å². The number of tetrazole rings is 1. The number of aryl methyl sites for hydroxylation is 1. The van der Waals surface area contributed by atoms with E-state index in [9.17, 15) is 18.3 Å². The quantitative estimate of drug-likeness (QED) is 0.336. The maximum Gasteiger partial charge on any atom is 0.407 e. The molecule has 0 spiro atoms. The number of sulfone groups is 1. The van der Waals surface area contributed by atoms with E-state index in [1.165, 1.54) is 4.90 Å². The van der Waals surface area contributed by atoms with Crippen LogP contribution in [0.2, 0.25) is 25.7 Å². The van der Waals surface area contributed by atoms with Crippen molar-refractivity contribution in [1.82, 2.24) is 25.5 Å². The van der Waals surface area contributed by atoms with Crippen LogP contribution in [-0.4, -0.2) is 72.1 Å². The van der Waals surface area contributed by atoms with Gasteiger partial charge in [-0.2, -0.15) is 5.21 Å². The summed E-state index contributed by atoms with van der Waals surface area (Å²) in [5, 5.41) is 23.9. The van der Waals surface area contributed by atoms with Crippen molar-refractivity contribution in [3.63, 3.8) is 0 Å². The van der Waals surface area contributed by atoms with E-state index >= 15 is 0 Å². The second-order valence-electron chi connectivity index (χ2n) is 11.3. The summed E-state index contributed by atoms with van der Waals surface area (Å²) in [7, 11) is -5.21. The van der Waals surface area contributed by atoms with Gasteiger partial charge in [-0.15, -0.1) is 10.2 Å². The molecule has 0 bridgehead atoms. The number of piperidine rings is 1. The van der Waals surface area contributed by atoms with Crippen molar-refractivity contribution in [3.8, 4) is 22.5 Å². The molecular formula is C27H37N5O4SSi. The molecule has 0 atom stereocenters. The molecule has 0 radical (unpaired) electrons. The fourth-order valence-corrected chi connectivity index (χ4v) is 9.87. The minimum absolute atomic E-state index is 0.0989. The first-order valence-corrected chi connectivity index (χ1v) is 18.6.